The topological polar surface area (TPSA) is 35.8 Å². The fourth-order valence-corrected chi connectivity index (χ4v) is 2.11. The molecule has 3 heteroatoms. The summed E-state index contributed by atoms with van der Waals surface area (Å²) < 4.78 is 0. The van der Waals surface area contributed by atoms with Crippen molar-refractivity contribution in [2.75, 3.05) is 5.32 Å². The molecular formula is C14H19ClN2. The van der Waals surface area contributed by atoms with E-state index in [0.717, 1.165) is 31.4 Å². The van der Waals surface area contributed by atoms with Crippen LogP contribution in [0.25, 0.3) is 0 Å². The van der Waals surface area contributed by atoms with Crippen LogP contribution < -0.4 is 5.32 Å². The lowest BCUT2D eigenvalue weighted by molar-refractivity contribution is 0.586. The van der Waals surface area contributed by atoms with E-state index in [1.165, 1.54) is 0 Å². The highest BCUT2D eigenvalue weighted by atomic mass is 35.5. The number of rotatable bonds is 6. The zero-order valence-electron chi connectivity index (χ0n) is 10.5. The largest absolute Gasteiger partial charge is 0.381 e. The molecule has 2 nitrogen and oxygen atoms in total. The minimum Gasteiger partial charge on any atom is -0.381 e. The SMILES string of the molecule is CCCC(CCC)Nc1cc(Cl)ccc1C#N. The minimum atomic E-state index is 0.426. The van der Waals surface area contributed by atoms with E-state index in [1.807, 2.05) is 6.07 Å². The summed E-state index contributed by atoms with van der Waals surface area (Å²) in [6, 6.07) is 7.96. The Morgan fingerprint density at radius 1 is 1.29 bits per heavy atom. The standard InChI is InChI=1S/C14H19ClN2/c1-3-5-13(6-4-2)17-14-9-12(15)8-7-11(14)10-16/h7-9,13,17H,3-6H2,1-2H3. The summed E-state index contributed by atoms with van der Waals surface area (Å²) in [5.74, 6) is 0. The number of benzene rings is 1. The monoisotopic (exact) mass is 250 g/mol. The predicted octanol–water partition coefficient (Wildman–Crippen LogP) is 4.59. The molecule has 1 aromatic rings. The van der Waals surface area contributed by atoms with Gasteiger partial charge in [0.25, 0.3) is 0 Å². The van der Waals surface area contributed by atoms with Gasteiger partial charge >= 0.3 is 0 Å². The van der Waals surface area contributed by atoms with E-state index in [4.69, 9.17) is 16.9 Å². The third-order valence-electron chi connectivity index (χ3n) is 2.74. The molecule has 0 aliphatic carbocycles. The van der Waals surface area contributed by atoms with E-state index in [9.17, 15) is 0 Å². The van der Waals surface area contributed by atoms with Crippen molar-refractivity contribution in [2.45, 2.75) is 45.6 Å². The van der Waals surface area contributed by atoms with Crippen molar-refractivity contribution in [3.63, 3.8) is 0 Å². The van der Waals surface area contributed by atoms with Crippen LogP contribution in [0.1, 0.15) is 45.1 Å². The Kier molecular flexibility index (Phi) is 5.86. The first-order valence-electron chi connectivity index (χ1n) is 6.17. The highest BCUT2D eigenvalue weighted by molar-refractivity contribution is 6.30. The van der Waals surface area contributed by atoms with E-state index in [1.54, 1.807) is 12.1 Å². The Labute approximate surface area is 109 Å². The van der Waals surface area contributed by atoms with Gasteiger partial charge in [0.15, 0.2) is 0 Å². The highest BCUT2D eigenvalue weighted by Gasteiger charge is 2.09. The number of nitriles is 1. The van der Waals surface area contributed by atoms with Crippen LogP contribution in [0.4, 0.5) is 5.69 Å². The fourth-order valence-electron chi connectivity index (χ4n) is 1.94. The van der Waals surface area contributed by atoms with E-state index in [0.29, 0.717) is 16.6 Å². The lowest BCUT2D eigenvalue weighted by atomic mass is 10.1. The van der Waals surface area contributed by atoms with Crippen LogP contribution in [-0.4, -0.2) is 6.04 Å². The molecule has 0 radical (unpaired) electrons. The van der Waals surface area contributed by atoms with Crippen LogP contribution in [0.5, 0.6) is 0 Å². The van der Waals surface area contributed by atoms with Crippen LogP contribution >= 0.6 is 11.6 Å². The average Bonchev–Trinajstić information content (AvgIpc) is 2.30. The van der Waals surface area contributed by atoms with Gasteiger partial charge in [0, 0.05) is 11.1 Å². The zero-order chi connectivity index (χ0) is 12.7. The molecule has 17 heavy (non-hydrogen) atoms. The predicted molar refractivity (Wildman–Crippen MR) is 73.4 cm³/mol. The smallest absolute Gasteiger partial charge is 0.101 e. The van der Waals surface area contributed by atoms with E-state index in [-0.39, 0.29) is 0 Å². The summed E-state index contributed by atoms with van der Waals surface area (Å²) in [5, 5.41) is 13.1. The van der Waals surface area contributed by atoms with Gasteiger partial charge in [0.05, 0.1) is 11.3 Å². The number of hydrogen-bond donors (Lipinski definition) is 1. The first-order chi connectivity index (χ1) is 8.21. The van der Waals surface area contributed by atoms with Gasteiger partial charge in [-0.25, -0.2) is 0 Å². The second-order valence-corrected chi connectivity index (χ2v) is 4.66. The Balaban J connectivity index is 2.84. The van der Waals surface area contributed by atoms with Gasteiger partial charge in [-0.15, -0.1) is 0 Å². The third kappa shape index (κ3) is 4.28. The van der Waals surface area contributed by atoms with Crippen LogP contribution in [0.3, 0.4) is 0 Å². The first kappa shape index (κ1) is 13.9. The minimum absolute atomic E-state index is 0.426. The van der Waals surface area contributed by atoms with Gasteiger partial charge < -0.3 is 5.32 Å². The Bertz CT molecular complexity index is 390. The molecule has 0 spiro atoms. The normalized spacial score (nSPS) is 10.3. The van der Waals surface area contributed by atoms with Crippen molar-refractivity contribution in [3.05, 3.63) is 28.8 Å². The van der Waals surface area contributed by atoms with E-state index in [2.05, 4.69) is 25.2 Å². The molecule has 0 amide bonds. The molecule has 0 aromatic heterocycles. The Hall–Kier alpha value is -1.20. The highest BCUT2D eigenvalue weighted by Crippen LogP contribution is 2.23. The van der Waals surface area contributed by atoms with Crippen molar-refractivity contribution < 1.29 is 0 Å². The molecule has 1 N–H and O–H groups in total. The van der Waals surface area contributed by atoms with E-state index >= 15 is 0 Å². The van der Waals surface area contributed by atoms with Gasteiger partial charge in [-0.3, -0.25) is 0 Å². The quantitative estimate of drug-likeness (QED) is 0.801. The van der Waals surface area contributed by atoms with Crippen molar-refractivity contribution in [3.8, 4) is 6.07 Å². The second-order valence-electron chi connectivity index (χ2n) is 4.22. The molecule has 0 fully saturated rings. The molecule has 0 saturated heterocycles. The molecule has 0 heterocycles. The summed E-state index contributed by atoms with van der Waals surface area (Å²) in [4.78, 5) is 0. The number of hydrogen-bond acceptors (Lipinski definition) is 2. The lowest BCUT2D eigenvalue weighted by Gasteiger charge is -2.19. The van der Waals surface area contributed by atoms with Gasteiger partial charge in [-0.1, -0.05) is 38.3 Å². The summed E-state index contributed by atoms with van der Waals surface area (Å²) in [5.41, 5.74) is 1.51. The summed E-state index contributed by atoms with van der Waals surface area (Å²) in [6.45, 7) is 4.35. The van der Waals surface area contributed by atoms with Gasteiger partial charge in [0.2, 0.25) is 0 Å². The molecule has 0 aliphatic rings. The molecule has 0 saturated carbocycles. The van der Waals surface area contributed by atoms with Crippen LogP contribution in [0, 0.1) is 11.3 Å². The second kappa shape index (κ2) is 7.19. The molecule has 0 bridgehead atoms. The number of halogens is 1. The molecule has 0 aliphatic heterocycles. The zero-order valence-corrected chi connectivity index (χ0v) is 11.2. The molecule has 0 atom stereocenters. The van der Waals surface area contributed by atoms with Crippen molar-refractivity contribution in [1.82, 2.24) is 0 Å². The maximum absolute atomic E-state index is 9.05. The van der Waals surface area contributed by atoms with Crippen molar-refractivity contribution >= 4 is 17.3 Å². The third-order valence-corrected chi connectivity index (χ3v) is 2.97. The molecule has 1 aromatic carbocycles. The summed E-state index contributed by atoms with van der Waals surface area (Å²) >= 11 is 5.96. The van der Waals surface area contributed by atoms with Crippen molar-refractivity contribution in [1.29, 1.82) is 5.26 Å². The van der Waals surface area contributed by atoms with Crippen LogP contribution in [0.2, 0.25) is 5.02 Å². The number of nitrogens with one attached hydrogen (secondary N) is 1. The number of nitrogens with zero attached hydrogens (tertiary/aromatic N) is 1. The number of anilines is 1. The lowest BCUT2D eigenvalue weighted by Crippen LogP contribution is -2.19. The summed E-state index contributed by atoms with van der Waals surface area (Å²) in [7, 11) is 0. The fraction of sp³-hybridized carbons (Fsp3) is 0.500. The Morgan fingerprint density at radius 2 is 1.94 bits per heavy atom. The molecule has 0 unspecified atom stereocenters. The molecular weight excluding hydrogens is 232 g/mol. The molecule has 1 rings (SSSR count). The van der Waals surface area contributed by atoms with Gasteiger partial charge in [0.1, 0.15) is 6.07 Å². The van der Waals surface area contributed by atoms with E-state index < -0.39 is 0 Å². The molecule has 92 valence electrons. The van der Waals surface area contributed by atoms with Gasteiger partial charge in [-0.2, -0.15) is 5.26 Å². The van der Waals surface area contributed by atoms with Crippen LogP contribution in [-0.2, 0) is 0 Å². The summed E-state index contributed by atoms with van der Waals surface area (Å²) in [6.07, 6.45) is 4.51. The average molecular weight is 251 g/mol. The van der Waals surface area contributed by atoms with Crippen LogP contribution in [0.15, 0.2) is 18.2 Å². The Morgan fingerprint density at radius 3 is 2.47 bits per heavy atom. The maximum Gasteiger partial charge on any atom is 0.101 e. The first-order valence-corrected chi connectivity index (χ1v) is 6.55. The maximum atomic E-state index is 9.05. The van der Waals surface area contributed by atoms with Gasteiger partial charge in [-0.05, 0) is 31.0 Å². The van der Waals surface area contributed by atoms with Crippen molar-refractivity contribution in [2.24, 2.45) is 0 Å².